The second-order valence-electron chi connectivity index (χ2n) is 8.73. The highest BCUT2D eigenvalue weighted by Gasteiger charge is 2.33. The van der Waals surface area contributed by atoms with E-state index in [2.05, 4.69) is 20.8 Å². The Hall–Kier alpha value is -3.12. The normalized spacial score (nSPS) is 11.8. The number of anilines is 1. The van der Waals surface area contributed by atoms with Gasteiger partial charge in [0, 0.05) is 0 Å². The summed E-state index contributed by atoms with van der Waals surface area (Å²) in [6.07, 6.45) is 0. The fraction of sp³-hybridized carbons (Fsp3) is 0.269. The molecule has 1 amide bonds. The van der Waals surface area contributed by atoms with Crippen molar-refractivity contribution in [2.24, 2.45) is 0 Å². The summed E-state index contributed by atoms with van der Waals surface area (Å²) < 4.78 is 33.8. The van der Waals surface area contributed by atoms with Gasteiger partial charge in [0.25, 0.3) is 15.9 Å². The number of ether oxygens (including phenoxy) is 1. The van der Waals surface area contributed by atoms with E-state index in [0.29, 0.717) is 11.4 Å². The molecule has 3 aromatic carbocycles. The van der Waals surface area contributed by atoms with Crippen LogP contribution < -0.4 is 9.04 Å². The minimum absolute atomic E-state index is 0.0457. The van der Waals surface area contributed by atoms with Crippen LogP contribution in [0.3, 0.4) is 0 Å². The third kappa shape index (κ3) is 4.86. The molecule has 0 fully saturated rings. The monoisotopic (exact) mass is 451 g/mol. The molecular formula is C26H29NO4S. The predicted octanol–water partition coefficient (Wildman–Crippen LogP) is 5.40. The number of para-hydroxylation sites is 1. The molecular weight excluding hydrogens is 422 g/mol. The van der Waals surface area contributed by atoms with Crippen molar-refractivity contribution < 1.29 is 17.9 Å². The van der Waals surface area contributed by atoms with E-state index in [-0.39, 0.29) is 10.3 Å². The summed E-state index contributed by atoms with van der Waals surface area (Å²) in [5.41, 5.74) is 2.68. The van der Waals surface area contributed by atoms with Gasteiger partial charge in [0.2, 0.25) is 0 Å². The van der Waals surface area contributed by atoms with Crippen molar-refractivity contribution >= 4 is 21.6 Å². The van der Waals surface area contributed by atoms with E-state index in [1.807, 2.05) is 31.2 Å². The maximum Gasteiger partial charge on any atom is 0.278 e. The predicted molar refractivity (Wildman–Crippen MR) is 128 cm³/mol. The summed E-state index contributed by atoms with van der Waals surface area (Å²) >= 11 is 0. The highest BCUT2D eigenvalue weighted by molar-refractivity contribution is 7.93. The quantitative estimate of drug-likeness (QED) is 0.503. The molecule has 0 aliphatic heterocycles. The molecule has 0 saturated heterocycles. The van der Waals surface area contributed by atoms with Gasteiger partial charge in [-0.25, -0.2) is 8.42 Å². The zero-order valence-corrected chi connectivity index (χ0v) is 19.9. The van der Waals surface area contributed by atoms with E-state index >= 15 is 0 Å². The minimum atomic E-state index is -4.13. The number of carbonyl (C=O) groups excluding carboxylic acids is 1. The van der Waals surface area contributed by atoms with Gasteiger partial charge in [-0.2, -0.15) is 4.31 Å². The Morgan fingerprint density at radius 2 is 1.50 bits per heavy atom. The summed E-state index contributed by atoms with van der Waals surface area (Å²) in [7, 11) is -4.13. The average molecular weight is 452 g/mol. The number of sulfonamides is 1. The molecule has 6 heteroatoms. The molecule has 0 radical (unpaired) electrons. The second-order valence-corrected chi connectivity index (χ2v) is 10.5. The molecule has 0 aromatic heterocycles. The van der Waals surface area contributed by atoms with Gasteiger partial charge < -0.3 is 4.74 Å². The Balaban J connectivity index is 2.02. The summed E-state index contributed by atoms with van der Waals surface area (Å²) in [6, 6.07) is 20.7. The summed E-state index contributed by atoms with van der Waals surface area (Å²) in [5, 5.41) is 0. The van der Waals surface area contributed by atoms with Gasteiger partial charge >= 0.3 is 0 Å². The van der Waals surface area contributed by atoms with Gasteiger partial charge in [0.15, 0.2) is 6.61 Å². The van der Waals surface area contributed by atoms with Gasteiger partial charge in [-0.15, -0.1) is 0 Å². The van der Waals surface area contributed by atoms with Gasteiger partial charge in [-0.3, -0.25) is 4.79 Å². The highest BCUT2D eigenvalue weighted by atomic mass is 32.2. The van der Waals surface area contributed by atoms with Crippen molar-refractivity contribution in [1.29, 1.82) is 0 Å². The molecule has 0 N–H and O–H groups in total. The van der Waals surface area contributed by atoms with Crippen LogP contribution in [-0.4, -0.2) is 20.9 Å². The van der Waals surface area contributed by atoms with E-state index in [0.717, 1.165) is 21.0 Å². The second kappa shape index (κ2) is 9.17. The van der Waals surface area contributed by atoms with Gasteiger partial charge in [-0.05, 0) is 60.2 Å². The van der Waals surface area contributed by atoms with Crippen LogP contribution in [0.1, 0.15) is 37.5 Å². The van der Waals surface area contributed by atoms with Crippen LogP contribution in [0.4, 0.5) is 5.69 Å². The number of aryl methyl sites for hydroxylation is 1. The maximum absolute atomic E-state index is 13.5. The average Bonchev–Trinajstić information content (AvgIpc) is 2.75. The molecule has 5 nitrogen and oxygen atoms in total. The van der Waals surface area contributed by atoms with Crippen LogP contribution in [0.2, 0.25) is 0 Å². The standard InChI is InChI=1S/C26H29NO4S/c1-19-12-11-16-23(20(19)2)27(32(29,30)21-13-7-6-8-14-21)25(28)18-31-24-17-10-9-15-22(24)26(3,4)5/h6-17H,18H2,1-5H3. The first-order valence-corrected chi connectivity index (χ1v) is 11.9. The number of carbonyl (C=O) groups is 1. The van der Waals surface area contributed by atoms with Crippen LogP contribution in [0, 0.1) is 13.8 Å². The highest BCUT2D eigenvalue weighted by Crippen LogP contribution is 2.32. The molecule has 0 saturated carbocycles. The fourth-order valence-corrected chi connectivity index (χ4v) is 4.95. The van der Waals surface area contributed by atoms with E-state index < -0.39 is 22.5 Å². The Kier molecular flexibility index (Phi) is 6.74. The molecule has 0 spiro atoms. The fourth-order valence-electron chi connectivity index (χ4n) is 3.46. The van der Waals surface area contributed by atoms with E-state index in [1.165, 1.54) is 12.1 Å². The van der Waals surface area contributed by atoms with Crippen molar-refractivity contribution in [3.05, 3.63) is 89.5 Å². The van der Waals surface area contributed by atoms with Crippen molar-refractivity contribution in [2.75, 3.05) is 10.9 Å². The molecule has 168 valence electrons. The van der Waals surface area contributed by atoms with Crippen molar-refractivity contribution in [3.8, 4) is 5.75 Å². The molecule has 0 bridgehead atoms. The van der Waals surface area contributed by atoms with Crippen LogP contribution in [0.25, 0.3) is 0 Å². The number of benzene rings is 3. The zero-order chi connectivity index (χ0) is 23.5. The Bertz CT molecular complexity index is 1210. The van der Waals surface area contributed by atoms with Gasteiger partial charge in [0.1, 0.15) is 5.75 Å². The SMILES string of the molecule is Cc1cccc(N(C(=O)COc2ccccc2C(C)(C)C)S(=O)(=O)c2ccccc2)c1C. The van der Waals surface area contributed by atoms with Gasteiger partial charge in [-0.1, -0.05) is 69.3 Å². The largest absolute Gasteiger partial charge is 0.483 e. The number of rotatable bonds is 6. The van der Waals surface area contributed by atoms with Gasteiger partial charge in [0.05, 0.1) is 10.6 Å². The lowest BCUT2D eigenvalue weighted by molar-refractivity contribution is -0.119. The topological polar surface area (TPSA) is 63.7 Å². The van der Waals surface area contributed by atoms with Crippen LogP contribution in [0.5, 0.6) is 5.75 Å². The molecule has 32 heavy (non-hydrogen) atoms. The lowest BCUT2D eigenvalue weighted by atomic mass is 9.86. The maximum atomic E-state index is 13.5. The lowest BCUT2D eigenvalue weighted by Gasteiger charge is -2.26. The third-order valence-electron chi connectivity index (χ3n) is 5.35. The molecule has 0 unspecified atom stereocenters. The molecule has 0 heterocycles. The smallest absolute Gasteiger partial charge is 0.278 e. The first-order valence-electron chi connectivity index (χ1n) is 10.4. The Labute approximate surface area is 190 Å². The van der Waals surface area contributed by atoms with E-state index in [1.54, 1.807) is 43.3 Å². The number of amides is 1. The number of nitrogens with zero attached hydrogens (tertiary/aromatic N) is 1. The molecule has 0 atom stereocenters. The van der Waals surface area contributed by atoms with E-state index in [4.69, 9.17) is 4.74 Å². The van der Waals surface area contributed by atoms with Crippen molar-refractivity contribution in [3.63, 3.8) is 0 Å². The number of hydrogen-bond acceptors (Lipinski definition) is 4. The van der Waals surface area contributed by atoms with Crippen LogP contribution >= 0.6 is 0 Å². The molecule has 0 aliphatic carbocycles. The third-order valence-corrected chi connectivity index (χ3v) is 7.10. The van der Waals surface area contributed by atoms with E-state index in [9.17, 15) is 13.2 Å². The number of hydrogen-bond donors (Lipinski definition) is 0. The van der Waals surface area contributed by atoms with Crippen LogP contribution in [-0.2, 0) is 20.2 Å². The van der Waals surface area contributed by atoms with Crippen LogP contribution in [0.15, 0.2) is 77.7 Å². The Morgan fingerprint density at radius 3 is 2.16 bits per heavy atom. The summed E-state index contributed by atoms with van der Waals surface area (Å²) in [4.78, 5) is 13.4. The summed E-state index contributed by atoms with van der Waals surface area (Å²) in [6.45, 7) is 9.44. The molecule has 3 rings (SSSR count). The minimum Gasteiger partial charge on any atom is -0.483 e. The Morgan fingerprint density at radius 1 is 0.875 bits per heavy atom. The van der Waals surface area contributed by atoms with Crippen molar-refractivity contribution in [2.45, 2.75) is 44.9 Å². The first kappa shape index (κ1) is 23.5. The summed E-state index contributed by atoms with van der Waals surface area (Å²) in [5.74, 6) is -0.0994. The molecule has 3 aromatic rings. The molecule has 0 aliphatic rings. The lowest BCUT2D eigenvalue weighted by Crippen LogP contribution is -2.40. The first-order chi connectivity index (χ1) is 15.0. The van der Waals surface area contributed by atoms with Crippen molar-refractivity contribution in [1.82, 2.24) is 0 Å². The zero-order valence-electron chi connectivity index (χ0n) is 19.1.